The largest absolute Gasteiger partial charge is 0.307 e. The van der Waals surface area contributed by atoms with E-state index in [1.165, 1.54) is 12.1 Å². The van der Waals surface area contributed by atoms with Crippen LogP contribution in [0.25, 0.3) is 0 Å². The molecule has 1 saturated carbocycles. The lowest BCUT2D eigenvalue weighted by Crippen LogP contribution is -2.41. The summed E-state index contributed by atoms with van der Waals surface area (Å²) in [6.07, 6.45) is 3.79. The first-order chi connectivity index (χ1) is 9.82. The van der Waals surface area contributed by atoms with Crippen LogP contribution < -0.4 is 10.5 Å². The van der Waals surface area contributed by atoms with Crippen LogP contribution in [0.4, 0.5) is 8.78 Å². The molecule has 0 aliphatic heterocycles. The molecule has 0 amide bonds. The number of hydrogen-bond donors (Lipinski definition) is 2. The Morgan fingerprint density at radius 2 is 1.90 bits per heavy atom. The standard InChI is InChI=1S/C14H20F2N2O2S/c15-11-4-5-12(13(16)10-11)14(6-1-2-7-14)18-8-3-9-21(17,19)20/h4-5,10,18H,1-3,6-9H2,(H2,17,19,20). The summed E-state index contributed by atoms with van der Waals surface area (Å²) in [6.45, 7) is 0.424. The van der Waals surface area contributed by atoms with Crippen molar-refractivity contribution in [3.63, 3.8) is 0 Å². The Kier molecular flexibility index (Phi) is 4.95. The highest BCUT2D eigenvalue weighted by molar-refractivity contribution is 7.89. The first-order valence-electron chi connectivity index (χ1n) is 7.03. The van der Waals surface area contributed by atoms with Crippen molar-refractivity contribution in [1.82, 2.24) is 5.32 Å². The molecule has 0 unspecified atom stereocenters. The normalized spacial score (nSPS) is 18.0. The molecule has 4 nitrogen and oxygen atoms in total. The van der Waals surface area contributed by atoms with E-state index in [0.29, 0.717) is 18.5 Å². The zero-order chi connectivity index (χ0) is 15.5. The lowest BCUT2D eigenvalue weighted by Gasteiger charge is -2.31. The van der Waals surface area contributed by atoms with Crippen molar-refractivity contribution in [2.75, 3.05) is 12.3 Å². The fourth-order valence-electron chi connectivity index (χ4n) is 3.00. The molecule has 1 fully saturated rings. The van der Waals surface area contributed by atoms with Crippen molar-refractivity contribution in [3.05, 3.63) is 35.4 Å². The molecule has 0 radical (unpaired) electrons. The van der Waals surface area contributed by atoms with E-state index in [1.807, 2.05) is 0 Å². The summed E-state index contributed by atoms with van der Waals surface area (Å²) >= 11 is 0. The number of nitrogens with two attached hydrogens (primary N) is 1. The number of nitrogens with one attached hydrogen (secondary N) is 1. The van der Waals surface area contributed by atoms with E-state index in [4.69, 9.17) is 5.14 Å². The quantitative estimate of drug-likeness (QED) is 0.788. The summed E-state index contributed by atoms with van der Waals surface area (Å²) in [5.74, 6) is -1.27. The van der Waals surface area contributed by atoms with E-state index in [2.05, 4.69) is 5.32 Å². The van der Waals surface area contributed by atoms with Crippen molar-refractivity contribution in [1.29, 1.82) is 0 Å². The molecule has 0 saturated heterocycles. The van der Waals surface area contributed by atoms with E-state index >= 15 is 0 Å². The minimum absolute atomic E-state index is 0.109. The summed E-state index contributed by atoms with van der Waals surface area (Å²) in [4.78, 5) is 0. The second-order valence-electron chi connectivity index (χ2n) is 5.56. The van der Waals surface area contributed by atoms with Crippen LogP contribution in [0.5, 0.6) is 0 Å². The molecule has 0 heterocycles. The highest BCUT2D eigenvalue weighted by Crippen LogP contribution is 2.39. The highest BCUT2D eigenvalue weighted by atomic mass is 32.2. The molecular weight excluding hydrogens is 298 g/mol. The molecule has 0 bridgehead atoms. The van der Waals surface area contributed by atoms with Crippen LogP contribution in [0.3, 0.4) is 0 Å². The van der Waals surface area contributed by atoms with Gasteiger partial charge in [0.25, 0.3) is 0 Å². The van der Waals surface area contributed by atoms with Gasteiger partial charge in [-0.15, -0.1) is 0 Å². The third-order valence-corrected chi connectivity index (χ3v) is 4.83. The van der Waals surface area contributed by atoms with Gasteiger partial charge in [0.15, 0.2) is 0 Å². The number of halogens is 2. The predicted octanol–water partition coefficient (Wildman–Crippen LogP) is 2.00. The Hall–Kier alpha value is -1.05. The van der Waals surface area contributed by atoms with Gasteiger partial charge in [0.1, 0.15) is 11.6 Å². The van der Waals surface area contributed by atoms with E-state index in [1.54, 1.807) is 0 Å². The van der Waals surface area contributed by atoms with Crippen LogP contribution >= 0.6 is 0 Å². The van der Waals surface area contributed by atoms with Gasteiger partial charge in [0.2, 0.25) is 10.0 Å². The average Bonchev–Trinajstić information content (AvgIpc) is 2.83. The Bertz CT molecular complexity index is 599. The van der Waals surface area contributed by atoms with Crippen LogP contribution in [0, 0.1) is 11.6 Å². The fraction of sp³-hybridized carbons (Fsp3) is 0.571. The van der Waals surface area contributed by atoms with Gasteiger partial charge in [-0.1, -0.05) is 18.9 Å². The maximum absolute atomic E-state index is 14.0. The van der Waals surface area contributed by atoms with E-state index in [-0.39, 0.29) is 5.75 Å². The van der Waals surface area contributed by atoms with Crippen molar-refractivity contribution in [2.45, 2.75) is 37.6 Å². The van der Waals surface area contributed by atoms with Gasteiger partial charge < -0.3 is 5.32 Å². The van der Waals surface area contributed by atoms with Crippen LogP contribution in [0.2, 0.25) is 0 Å². The molecule has 118 valence electrons. The minimum atomic E-state index is -3.48. The molecule has 2 rings (SSSR count). The summed E-state index contributed by atoms with van der Waals surface area (Å²) in [5.41, 5.74) is -0.0760. The van der Waals surface area contributed by atoms with Crippen LogP contribution in [-0.4, -0.2) is 20.7 Å². The number of rotatable bonds is 6. The SMILES string of the molecule is NS(=O)(=O)CCCNC1(c2ccc(F)cc2F)CCCC1. The van der Waals surface area contributed by atoms with Crippen LogP contribution in [0.15, 0.2) is 18.2 Å². The predicted molar refractivity (Wildman–Crippen MR) is 77.1 cm³/mol. The Morgan fingerprint density at radius 1 is 1.24 bits per heavy atom. The Balaban J connectivity index is 2.10. The number of primary sulfonamides is 1. The van der Waals surface area contributed by atoms with E-state index in [9.17, 15) is 17.2 Å². The minimum Gasteiger partial charge on any atom is -0.307 e. The lowest BCUT2D eigenvalue weighted by atomic mass is 9.87. The second-order valence-corrected chi connectivity index (χ2v) is 7.29. The van der Waals surface area contributed by atoms with Gasteiger partial charge >= 0.3 is 0 Å². The summed E-state index contributed by atoms with van der Waals surface area (Å²) in [6, 6.07) is 3.62. The Morgan fingerprint density at radius 3 is 2.48 bits per heavy atom. The fourth-order valence-corrected chi connectivity index (χ4v) is 3.55. The molecule has 21 heavy (non-hydrogen) atoms. The molecule has 1 aromatic rings. The van der Waals surface area contributed by atoms with Gasteiger partial charge in [0.05, 0.1) is 5.75 Å². The van der Waals surface area contributed by atoms with Gasteiger partial charge in [-0.05, 0) is 31.9 Å². The van der Waals surface area contributed by atoms with Gasteiger partial charge in [-0.2, -0.15) is 0 Å². The molecule has 0 atom stereocenters. The molecule has 1 aromatic carbocycles. The first kappa shape index (κ1) is 16.3. The van der Waals surface area contributed by atoms with Gasteiger partial charge in [-0.3, -0.25) is 0 Å². The van der Waals surface area contributed by atoms with Crippen LogP contribution in [0.1, 0.15) is 37.7 Å². The van der Waals surface area contributed by atoms with Gasteiger partial charge in [0, 0.05) is 17.2 Å². The van der Waals surface area contributed by atoms with Gasteiger partial charge in [-0.25, -0.2) is 22.3 Å². The van der Waals surface area contributed by atoms with E-state index < -0.39 is 27.2 Å². The molecule has 7 heteroatoms. The maximum atomic E-state index is 14.0. The maximum Gasteiger partial charge on any atom is 0.209 e. The third-order valence-electron chi connectivity index (χ3n) is 3.97. The van der Waals surface area contributed by atoms with Crippen molar-refractivity contribution in [3.8, 4) is 0 Å². The summed E-state index contributed by atoms with van der Waals surface area (Å²) < 4.78 is 48.9. The topological polar surface area (TPSA) is 72.2 Å². The number of benzene rings is 1. The summed E-state index contributed by atoms with van der Waals surface area (Å²) in [7, 11) is -3.48. The monoisotopic (exact) mass is 318 g/mol. The van der Waals surface area contributed by atoms with Crippen molar-refractivity contribution < 1.29 is 17.2 Å². The third kappa shape index (κ3) is 4.21. The molecule has 1 aliphatic carbocycles. The first-order valence-corrected chi connectivity index (χ1v) is 8.75. The number of sulfonamides is 1. The smallest absolute Gasteiger partial charge is 0.209 e. The lowest BCUT2D eigenvalue weighted by molar-refractivity contribution is 0.328. The molecule has 0 spiro atoms. The van der Waals surface area contributed by atoms with Crippen molar-refractivity contribution >= 4 is 10.0 Å². The highest BCUT2D eigenvalue weighted by Gasteiger charge is 2.37. The molecule has 3 N–H and O–H groups in total. The second kappa shape index (κ2) is 6.37. The zero-order valence-electron chi connectivity index (χ0n) is 11.7. The average molecular weight is 318 g/mol. The molecular formula is C14H20F2N2O2S. The number of hydrogen-bond acceptors (Lipinski definition) is 3. The molecule has 0 aromatic heterocycles. The van der Waals surface area contributed by atoms with Crippen LogP contribution in [-0.2, 0) is 15.6 Å². The van der Waals surface area contributed by atoms with E-state index in [0.717, 1.165) is 31.7 Å². The summed E-state index contributed by atoms with van der Waals surface area (Å²) in [5, 5.41) is 8.22. The Labute approximate surface area is 123 Å². The zero-order valence-corrected chi connectivity index (χ0v) is 12.6. The van der Waals surface area contributed by atoms with Crippen molar-refractivity contribution in [2.24, 2.45) is 5.14 Å². The molecule has 1 aliphatic rings.